The summed E-state index contributed by atoms with van der Waals surface area (Å²) < 4.78 is 0. The van der Waals surface area contributed by atoms with Gasteiger partial charge >= 0.3 is 0 Å². The molecule has 24 heavy (non-hydrogen) atoms. The topological polar surface area (TPSA) is 62.2 Å². The van der Waals surface area contributed by atoms with Crippen molar-refractivity contribution in [1.82, 2.24) is 19.9 Å². The molecular formula is C18H21N5O. The van der Waals surface area contributed by atoms with E-state index in [-0.39, 0.29) is 11.8 Å². The minimum absolute atomic E-state index is 0.0553. The molecule has 2 aliphatic rings. The lowest BCUT2D eigenvalue weighted by molar-refractivity contribution is -0.131. The molecule has 6 nitrogen and oxygen atoms in total. The highest BCUT2D eigenvalue weighted by Gasteiger charge is 2.46. The number of amides is 1. The molecule has 124 valence electrons. The van der Waals surface area contributed by atoms with Crippen LogP contribution in [-0.4, -0.2) is 45.4 Å². The normalized spacial score (nSPS) is 23.0. The molecule has 0 aromatic carbocycles. The molecule has 0 aliphatic carbocycles. The molecule has 0 unspecified atom stereocenters. The van der Waals surface area contributed by atoms with Crippen molar-refractivity contribution < 1.29 is 4.79 Å². The third-order valence-electron chi connectivity index (χ3n) is 4.87. The van der Waals surface area contributed by atoms with E-state index in [1.807, 2.05) is 49.3 Å². The Bertz CT molecular complexity index is 760. The van der Waals surface area contributed by atoms with Crippen LogP contribution in [0.2, 0.25) is 0 Å². The minimum Gasteiger partial charge on any atom is -0.340 e. The van der Waals surface area contributed by atoms with Gasteiger partial charge in [-0.2, -0.15) is 0 Å². The maximum Gasteiger partial charge on any atom is 0.228 e. The average molecular weight is 323 g/mol. The highest BCUT2D eigenvalue weighted by atomic mass is 16.2. The maximum absolute atomic E-state index is 12.7. The summed E-state index contributed by atoms with van der Waals surface area (Å²) in [6.45, 7) is 6.91. The number of rotatable bonds is 3. The van der Waals surface area contributed by atoms with Crippen molar-refractivity contribution in [3.05, 3.63) is 47.5 Å². The van der Waals surface area contributed by atoms with E-state index >= 15 is 0 Å². The molecule has 2 saturated heterocycles. The minimum atomic E-state index is 0.0553. The molecule has 2 aromatic rings. The van der Waals surface area contributed by atoms with Gasteiger partial charge in [0.2, 0.25) is 11.9 Å². The van der Waals surface area contributed by atoms with Crippen LogP contribution in [0.3, 0.4) is 0 Å². The van der Waals surface area contributed by atoms with Gasteiger partial charge < -0.3 is 9.80 Å². The molecule has 0 spiro atoms. The quantitative estimate of drug-likeness (QED) is 0.858. The molecular weight excluding hydrogens is 302 g/mol. The summed E-state index contributed by atoms with van der Waals surface area (Å²) in [5.74, 6) is 1.37. The largest absolute Gasteiger partial charge is 0.340 e. The van der Waals surface area contributed by atoms with Gasteiger partial charge in [0.1, 0.15) is 0 Å². The van der Waals surface area contributed by atoms with Crippen LogP contribution >= 0.6 is 0 Å². The molecule has 4 heterocycles. The van der Waals surface area contributed by atoms with E-state index in [1.165, 1.54) is 0 Å². The zero-order chi connectivity index (χ0) is 16.7. The third-order valence-corrected chi connectivity index (χ3v) is 4.87. The molecule has 6 heteroatoms. The molecule has 2 atom stereocenters. The van der Waals surface area contributed by atoms with E-state index in [0.29, 0.717) is 19.0 Å². The number of nitrogens with zero attached hydrogens (tertiary/aromatic N) is 5. The lowest BCUT2D eigenvalue weighted by Crippen LogP contribution is -2.33. The van der Waals surface area contributed by atoms with Crippen LogP contribution in [0.25, 0.3) is 0 Å². The maximum atomic E-state index is 12.7. The SMILES string of the molecule is Cc1cnc(N2C[C@@H]3CN(Cc4cccc(C)n4)C(=O)[C@@H]3C2)nc1. The Hall–Kier alpha value is -2.50. The third kappa shape index (κ3) is 2.72. The Morgan fingerprint density at radius 2 is 1.92 bits per heavy atom. The van der Waals surface area contributed by atoms with Gasteiger partial charge in [-0.1, -0.05) is 6.07 Å². The summed E-state index contributed by atoms with van der Waals surface area (Å²) >= 11 is 0. The van der Waals surface area contributed by atoms with E-state index in [0.717, 1.165) is 36.0 Å². The molecule has 1 amide bonds. The molecule has 0 radical (unpaired) electrons. The van der Waals surface area contributed by atoms with Crippen molar-refractivity contribution in [2.75, 3.05) is 24.5 Å². The van der Waals surface area contributed by atoms with E-state index in [2.05, 4.69) is 19.9 Å². The van der Waals surface area contributed by atoms with Crippen molar-refractivity contribution in [2.45, 2.75) is 20.4 Å². The van der Waals surface area contributed by atoms with Crippen molar-refractivity contribution in [1.29, 1.82) is 0 Å². The first kappa shape index (κ1) is 15.1. The molecule has 2 aromatic heterocycles. The lowest BCUT2D eigenvalue weighted by Gasteiger charge is -2.21. The van der Waals surface area contributed by atoms with Gasteiger partial charge in [-0.15, -0.1) is 0 Å². The summed E-state index contributed by atoms with van der Waals surface area (Å²) in [6, 6.07) is 5.96. The number of carbonyl (C=O) groups is 1. The van der Waals surface area contributed by atoms with E-state index in [4.69, 9.17) is 0 Å². The summed E-state index contributed by atoms with van der Waals surface area (Å²) in [7, 11) is 0. The number of likely N-dealkylation sites (tertiary alicyclic amines) is 1. The van der Waals surface area contributed by atoms with E-state index < -0.39 is 0 Å². The van der Waals surface area contributed by atoms with Gasteiger partial charge in [0.25, 0.3) is 0 Å². The molecule has 0 N–H and O–H groups in total. The lowest BCUT2D eigenvalue weighted by atomic mass is 10.0. The summed E-state index contributed by atoms with van der Waals surface area (Å²) in [4.78, 5) is 30.1. The van der Waals surface area contributed by atoms with Gasteiger partial charge in [0.05, 0.1) is 18.2 Å². The Balaban J connectivity index is 1.44. The Kier molecular flexibility index (Phi) is 3.67. The van der Waals surface area contributed by atoms with Gasteiger partial charge in [0.15, 0.2) is 0 Å². The number of hydrogen-bond acceptors (Lipinski definition) is 5. The number of carbonyl (C=O) groups excluding carboxylic acids is 1. The van der Waals surface area contributed by atoms with E-state index in [9.17, 15) is 4.79 Å². The molecule has 4 rings (SSSR count). The first-order valence-electron chi connectivity index (χ1n) is 8.35. The smallest absolute Gasteiger partial charge is 0.228 e. The zero-order valence-electron chi connectivity index (χ0n) is 14.0. The predicted molar refractivity (Wildman–Crippen MR) is 90.4 cm³/mol. The Morgan fingerprint density at radius 3 is 2.62 bits per heavy atom. The number of pyridine rings is 1. The molecule has 0 bridgehead atoms. The number of fused-ring (bicyclic) bond motifs is 1. The molecule has 0 saturated carbocycles. The highest BCUT2D eigenvalue weighted by molar-refractivity contribution is 5.83. The second kappa shape index (κ2) is 5.85. The number of anilines is 1. The number of aryl methyl sites for hydroxylation is 2. The Labute approximate surface area is 141 Å². The monoisotopic (exact) mass is 323 g/mol. The highest BCUT2D eigenvalue weighted by Crippen LogP contribution is 2.34. The van der Waals surface area contributed by atoms with Crippen LogP contribution in [-0.2, 0) is 11.3 Å². The van der Waals surface area contributed by atoms with Crippen LogP contribution in [0.1, 0.15) is 17.0 Å². The van der Waals surface area contributed by atoms with Crippen LogP contribution < -0.4 is 4.90 Å². The fourth-order valence-electron chi connectivity index (χ4n) is 3.68. The van der Waals surface area contributed by atoms with Crippen LogP contribution in [0, 0.1) is 25.7 Å². The summed E-state index contributed by atoms with van der Waals surface area (Å²) in [6.07, 6.45) is 3.65. The summed E-state index contributed by atoms with van der Waals surface area (Å²) in [5.41, 5.74) is 3.00. The van der Waals surface area contributed by atoms with Gasteiger partial charge in [-0.25, -0.2) is 9.97 Å². The van der Waals surface area contributed by atoms with Crippen molar-refractivity contribution in [3.8, 4) is 0 Å². The first-order chi connectivity index (χ1) is 11.6. The number of hydrogen-bond donors (Lipinski definition) is 0. The second-order valence-corrected chi connectivity index (χ2v) is 6.82. The fourth-order valence-corrected chi connectivity index (χ4v) is 3.68. The predicted octanol–water partition coefficient (Wildman–Crippen LogP) is 1.58. The molecule has 2 fully saturated rings. The second-order valence-electron chi connectivity index (χ2n) is 6.82. The van der Waals surface area contributed by atoms with Crippen molar-refractivity contribution >= 4 is 11.9 Å². The first-order valence-corrected chi connectivity index (χ1v) is 8.35. The van der Waals surface area contributed by atoms with Crippen LogP contribution in [0.15, 0.2) is 30.6 Å². The van der Waals surface area contributed by atoms with E-state index in [1.54, 1.807) is 0 Å². The van der Waals surface area contributed by atoms with Gasteiger partial charge in [-0.3, -0.25) is 9.78 Å². The zero-order valence-corrected chi connectivity index (χ0v) is 14.0. The molecule has 2 aliphatic heterocycles. The average Bonchev–Trinajstić information content (AvgIpc) is 3.09. The fraction of sp³-hybridized carbons (Fsp3) is 0.444. The van der Waals surface area contributed by atoms with Gasteiger partial charge in [0, 0.05) is 43.6 Å². The van der Waals surface area contributed by atoms with Crippen LogP contribution in [0.4, 0.5) is 5.95 Å². The standard InChI is InChI=1S/C18H21N5O/c1-12-6-19-18(20-7-12)23-9-14-8-22(17(24)16(14)11-23)10-15-5-3-4-13(2)21-15/h3-7,14,16H,8-11H2,1-2H3/t14-,16+/m0/s1. The van der Waals surface area contributed by atoms with Crippen LogP contribution in [0.5, 0.6) is 0 Å². The summed E-state index contributed by atoms with van der Waals surface area (Å²) in [5, 5.41) is 0. The van der Waals surface area contributed by atoms with Gasteiger partial charge in [-0.05, 0) is 31.5 Å². The van der Waals surface area contributed by atoms with Crippen molar-refractivity contribution in [2.24, 2.45) is 11.8 Å². The van der Waals surface area contributed by atoms with Crippen molar-refractivity contribution in [3.63, 3.8) is 0 Å². The Morgan fingerprint density at radius 1 is 1.12 bits per heavy atom. The number of aromatic nitrogens is 3.